The summed E-state index contributed by atoms with van der Waals surface area (Å²) in [5.41, 5.74) is 2.05. The summed E-state index contributed by atoms with van der Waals surface area (Å²) in [6.45, 7) is 8.91. The zero-order chi connectivity index (χ0) is 14.0. The van der Waals surface area contributed by atoms with Crippen LogP contribution in [0.1, 0.15) is 25.0 Å². The van der Waals surface area contributed by atoms with Gasteiger partial charge in [-0.2, -0.15) is 0 Å². The summed E-state index contributed by atoms with van der Waals surface area (Å²) < 4.78 is 0. The van der Waals surface area contributed by atoms with E-state index in [0.29, 0.717) is 12.1 Å². The fourth-order valence-corrected chi connectivity index (χ4v) is 2.58. The molecule has 1 aromatic carbocycles. The van der Waals surface area contributed by atoms with E-state index in [4.69, 9.17) is 0 Å². The highest BCUT2D eigenvalue weighted by molar-refractivity contribution is 5.44. The smallest absolute Gasteiger partial charge is 0.272 e. The number of hydrogen-bond donors (Lipinski definition) is 1. The highest BCUT2D eigenvalue weighted by Crippen LogP contribution is 2.23. The maximum Gasteiger partial charge on any atom is 0.272 e. The zero-order valence-corrected chi connectivity index (χ0v) is 11.7. The Kier molecular flexibility index (Phi) is 4.17. The number of nitrogens with one attached hydrogen (secondary N) is 1. The molecule has 5 heteroatoms. The molecular formula is C14H21N3O2. The van der Waals surface area contributed by atoms with E-state index in [2.05, 4.69) is 24.1 Å². The van der Waals surface area contributed by atoms with Gasteiger partial charge in [0, 0.05) is 43.3 Å². The van der Waals surface area contributed by atoms with Crippen LogP contribution in [0.25, 0.3) is 0 Å². The molecule has 0 aliphatic carbocycles. The minimum absolute atomic E-state index is 0.216. The molecule has 0 aromatic heterocycles. The summed E-state index contributed by atoms with van der Waals surface area (Å²) in [7, 11) is 0. The van der Waals surface area contributed by atoms with Crippen molar-refractivity contribution in [3.05, 3.63) is 39.4 Å². The summed E-state index contributed by atoms with van der Waals surface area (Å²) >= 11 is 0. The molecule has 0 radical (unpaired) electrons. The van der Waals surface area contributed by atoms with Gasteiger partial charge in [0.25, 0.3) is 5.69 Å². The predicted molar refractivity (Wildman–Crippen MR) is 75.2 cm³/mol. The lowest BCUT2D eigenvalue weighted by Gasteiger charge is -2.37. The van der Waals surface area contributed by atoms with Gasteiger partial charge in [-0.3, -0.25) is 15.0 Å². The second-order valence-corrected chi connectivity index (χ2v) is 5.41. The molecule has 0 spiro atoms. The van der Waals surface area contributed by atoms with Gasteiger partial charge in [0.1, 0.15) is 0 Å². The van der Waals surface area contributed by atoms with E-state index < -0.39 is 0 Å². The predicted octanol–water partition coefficient (Wildman–Crippen LogP) is 2.09. The number of benzene rings is 1. The summed E-state index contributed by atoms with van der Waals surface area (Å²) in [5.74, 6) is 0. The standard InChI is InChI=1S/C14H21N3O2/c1-10-8-16(11(2)7-15-10)9-13-5-4-6-14(12(13)3)17(18)19/h4-6,10-11,15H,7-9H2,1-3H3. The molecule has 1 saturated heterocycles. The van der Waals surface area contributed by atoms with Crippen LogP contribution in [0.2, 0.25) is 0 Å². The van der Waals surface area contributed by atoms with Crippen LogP contribution in [0.5, 0.6) is 0 Å². The van der Waals surface area contributed by atoms with E-state index in [1.54, 1.807) is 12.1 Å². The Bertz CT molecular complexity index is 476. The molecule has 2 atom stereocenters. The Morgan fingerprint density at radius 2 is 2.21 bits per heavy atom. The number of nitro benzene ring substituents is 1. The normalized spacial score (nSPS) is 24.4. The second-order valence-electron chi connectivity index (χ2n) is 5.41. The van der Waals surface area contributed by atoms with Crippen LogP contribution in [0.3, 0.4) is 0 Å². The third-order valence-electron chi connectivity index (χ3n) is 3.88. The van der Waals surface area contributed by atoms with E-state index in [0.717, 1.165) is 30.8 Å². The van der Waals surface area contributed by atoms with E-state index >= 15 is 0 Å². The lowest BCUT2D eigenvalue weighted by atomic mass is 10.0. The van der Waals surface area contributed by atoms with Crippen molar-refractivity contribution >= 4 is 5.69 Å². The van der Waals surface area contributed by atoms with Gasteiger partial charge in [-0.1, -0.05) is 12.1 Å². The molecule has 2 rings (SSSR count). The zero-order valence-electron chi connectivity index (χ0n) is 11.7. The van der Waals surface area contributed by atoms with Crippen molar-refractivity contribution in [2.24, 2.45) is 0 Å². The molecule has 1 aromatic rings. The molecule has 1 heterocycles. The van der Waals surface area contributed by atoms with Gasteiger partial charge in [-0.15, -0.1) is 0 Å². The van der Waals surface area contributed by atoms with Crippen LogP contribution >= 0.6 is 0 Å². The second kappa shape index (κ2) is 5.67. The first-order chi connectivity index (χ1) is 8.99. The Morgan fingerprint density at radius 3 is 2.89 bits per heavy atom. The number of rotatable bonds is 3. The maximum atomic E-state index is 11.0. The molecule has 0 bridgehead atoms. The molecule has 19 heavy (non-hydrogen) atoms. The van der Waals surface area contributed by atoms with E-state index in [9.17, 15) is 10.1 Å². The molecule has 0 amide bonds. The van der Waals surface area contributed by atoms with Crippen molar-refractivity contribution in [1.82, 2.24) is 10.2 Å². The van der Waals surface area contributed by atoms with E-state index in [1.165, 1.54) is 0 Å². The van der Waals surface area contributed by atoms with Crippen LogP contribution in [0, 0.1) is 17.0 Å². The molecule has 1 N–H and O–H groups in total. The van der Waals surface area contributed by atoms with Crippen molar-refractivity contribution in [2.45, 2.75) is 39.4 Å². The van der Waals surface area contributed by atoms with Gasteiger partial charge < -0.3 is 5.32 Å². The summed E-state index contributed by atoms with van der Waals surface area (Å²) in [6, 6.07) is 6.26. The highest BCUT2D eigenvalue weighted by Gasteiger charge is 2.23. The van der Waals surface area contributed by atoms with Crippen molar-refractivity contribution < 1.29 is 4.92 Å². The molecule has 1 fully saturated rings. The third-order valence-corrected chi connectivity index (χ3v) is 3.88. The molecule has 5 nitrogen and oxygen atoms in total. The van der Waals surface area contributed by atoms with Crippen molar-refractivity contribution in [3.8, 4) is 0 Å². The average molecular weight is 263 g/mol. The molecule has 104 valence electrons. The van der Waals surface area contributed by atoms with Gasteiger partial charge in [0.2, 0.25) is 0 Å². The monoisotopic (exact) mass is 263 g/mol. The van der Waals surface area contributed by atoms with Gasteiger partial charge in [0.15, 0.2) is 0 Å². The lowest BCUT2D eigenvalue weighted by Crippen LogP contribution is -2.53. The van der Waals surface area contributed by atoms with Crippen LogP contribution in [-0.2, 0) is 6.54 Å². The van der Waals surface area contributed by atoms with Crippen LogP contribution in [-0.4, -0.2) is 35.0 Å². The average Bonchev–Trinajstić information content (AvgIpc) is 2.36. The van der Waals surface area contributed by atoms with Crippen molar-refractivity contribution in [2.75, 3.05) is 13.1 Å². The fraction of sp³-hybridized carbons (Fsp3) is 0.571. The number of nitrogens with zero attached hydrogens (tertiary/aromatic N) is 2. The van der Waals surface area contributed by atoms with Gasteiger partial charge in [-0.05, 0) is 26.3 Å². The number of nitro groups is 1. The number of piperazine rings is 1. The topological polar surface area (TPSA) is 58.4 Å². The van der Waals surface area contributed by atoms with Crippen molar-refractivity contribution in [1.29, 1.82) is 0 Å². The van der Waals surface area contributed by atoms with Crippen LogP contribution in [0.4, 0.5) is 5.69 Å². The third kappa shape index (κ3) is 3.11. The van der Waals surface area contributed by atoms with E-state index in [1.807, 2.05) is 13.0 Å². The highest BCUT2D eigenvalue weighted by atomic mass is 16.6. The summed E-state index contributed by atoms with van der Waals surface area (Å²) in [4.78, 5) is 13.0. The Balaban J connectivity index is 2.19. The minimum Gasteiger partial charge on any atom is -0.311 e. The lowest BCUT2D eigenvalue weighted by molar-refractivity contribution is -0.385. The van der Waals surface area contributed by atoms with Crippen molar-refractivity contribution in [3.63, 3.8) is 0 Å². The van der Waals surface area contributed by atoms with Crippen LogP contribution < -0.4 is 5.32 Å². The van der Waals surface area contributed by atoms with Crippen LogP contribution in [0.15, 0.2) is 18.2 Å². The Labute approximate surface area is 113 Å². The summed E-state index contributed by atoms with van der Waals surface area (Å²) in [6.07, 6.45) is 0. The SMILES string of the molecule is Cc1c(CN2CC(C)NCC2C)cccc1[N+](=O)[O-]. The largest absolute Gasteiger partial charge is 0.311 e. The van der Waals surface area contributed by atoms with Gasteiger partial charge in [-0.25, -0.2) is 0 Å². The minimum atomic E-state index is -0.303. The van der Waals surface area contributed by atoms with E-state index in [-0.39, 0.29) is 10.6 Å². The van der Waals surface area contributed by atoms with Gasteiger partial charge >= 0.3 is 0 Å². The molecule has 1 aliphatic heterocycles. The quantitative estimate of drug-likeness (QED) is 0.670. The molecule has 1 aliphatic rings. The Hall–Kier alpha value is -1.46. The molecule has 0 saturated carbocycles. The first kappa shape index (κ1) is 14.0. The first-order valence-electron chi connectivity index (χ1n) is 6.69. The summed E-state index contributed by atoms with van der Waals surface area (Å²) in [5, 5.41) is 14.4. The first-order valence-corrected chi connectivity index (χ1v) is 6.69. The Morgan fingerprint density at radius 1 is 1.47 bits per heavy atom. The molecule has 2 unspecified atom stereocenters. The fourth-order valence-electron chi connectivity index (χ4n) is 2.58. The van der Waals surface area contributed by atoms with Gasteiger partial charge in [0.05, 0.1) is 4.92 Å². The number of hydrogen-bond acceptors (Lipinski definition) is 4. The molecular weight excluding hydrogens is 242 g/mol. The maximum absolute atomic E-state index is 11.0.